The zero-order chi connectivity index (χ0) is 19.3. The Labute approximate surface area is 152 Å². The molecule has 2 rings (SSSR count). The largest absolute Gasteiger partial charge is 0.480 e. The summed E-state index contributed by atoms with van der Waals surface area (Å²) in [6, 6.07) is 15.1. The van der Waals surface area contributed by atoms with Crippen LogP contribution >= 0.6 is 0 Å². The summed E-state index contributed by atoms with van der Waals surface area (Å²) >= 11 is 0. The van der Waals surface area contributed by atoms with Gasteiger partial charge in [0.2, 0.25) is 0 Å². The van der Waals surface area contributed by atoms with Gasteiger partial charge in [-0.2, -0.15) is 0 Å². The molecule has 0 spiro atoms. The van der Waals surface area contributed by atoms with Gasteiger partial charge >= 0.3 is 12.1 Å². The van der Waals surface area contributed by atoms with Crippen molar-refractivity contribution in [2.24, 2.45) is 5.92 Å². The van der Waals surface area contributed by atoms with Crippen LogP contribution in [0, 0.1) is 5.92 Å². The van der Waals surface area contributed by atoms with Gasteiger partial charge in [-0.1, -0.05) is 56.3 Å². The maximum atomic E-state index is 12.3. The first-order chi connectivity index (χ1) is 12.4. The van der Waals surface area contributed by atoms with Crippen molar-refractivity contribution < 1.29 is 24.5 Å². The lowest BCUT2D eigenvalue weighted by atomic mass is 9.97. The molecule has 6 heteroatoms. The minimum Gasteiger partial charge on any atom is -0.480 e. The first kappa shape index (κ1) is 19.5. The van der Waals surface area contributed by atoms with Crippen molar-refractivity contribution in [3.63, 3.8) is 0 Å². The maximum absolute atomic E-state index is 12.3. The fourth-order valence-electron chi connectivity index (χ4n) is 2.70. The van der Waals surface area contributed by atoms with E-state index >= 15 is 0 Å². The summed E-state index contributed by atoms with van der Waals surface area (Å²) in [6.45, 7) is 3.38. The first-order valence-electron chi connectivity index (χ1n) is 8.30. The Balaban J connectivity index is 2.43. The number of rotatable bonds is 6. The normalized spacial score (nSPS) is 13.1. The number of hydrogen-bond donors (Lipinski definition) is 2. The number of methoxy groups -OCH3 is 1. The summed E-state index contributed by atoms with van der Waals surface area (Å²) in [6.07, 6.45) is -2.09. The summed E-state index contributed by atoms with van der Waals surface area (Å²) in [5, 5.41) is 19.9. The maximum Gasteiger partial charge on any atom is 0.414 e. The van der Waals surface area contributed by atoms with E-state index in [0.717, 1.165) is 16.0 Å². The second kappa shape index (κ2) is 8.49. The van der Waals surface area contributed by atoms with Gasteiger partial charge in [0.05, 0.1) is 13.2 Å². The van der Waals surface area contributed by atoms with Gasteiger partial charge in [0.25, 0.3) is 0 Å². The second-order valence-electron chi connectivity index (χ2n) is 6.27. The molecular weight excluding hydrogens is 334 g/mol. The quantitative estimate of drug-likeness (QED) is 0.827. The van der Waals surface area contributed by atoms with Gasteiger partial charge in [0.15, 0.2) is 6.04 Å². The van der Waals surface area contributed by atoms with E-state index in [1.165, 1.54) is 7.11 Å². The Kier molecular flexibility index (Phi) is 6.36. The number of carbonyl (C=O) groups excluding carboxylic acids is 1. The van der Waals surface area contributed by atoms with Crippen molar-refractivity contribution in [2.45, 2.75) is 26.0 Å². The summed E-state index contributed by atoms with van der Waals surface area (Å²) in [4.78, 5) is 25.0. The molecule has 2 aromatic rings. The van der Waals surface area contributed by atoms with Gasteiger partial charge in [0, 0.05) is 5.69 Å². The lowest BCUT2D eigenvalue weighted by Crippen LogP contribution is -2.53. The van der Waals surface area contributed by atoms with Crippen LogP contribution in [0.4, 0.5) is 10.5 Å². The van der Waals surface area contributed by atoms with Crippen LogP contribution in [-0.4, -0.2) is 41.5 Å². The number of aliphatic carboxylic acids is 1. The zero-order valence-electron chi connectivity index (χ0n) is 15.0. The molecule has 2 aromatic carbocycles. The number of carboxylic acid groups (broad SMARTS) is 1. The minimum absolute atomic E-state index is 0.337. The highest BCUT2D eigenvalue weighted by Gasteiger charge is 2.38. The van der Waals surface area contributed by atoms with Gasteiger partial charge in [-0.3, -0.25) is 4.90 Å². The van der Waals surface area contributed by atoms with Crippen LogP contribution < -0.4 is 4.90 Å². The highest BCUT2D eigenvalue weighted by Crippen LogP contribution is 2.27. The molecule has 0 heterocycles. The van der Waals surface area contributed by atoms with Crippen molar-refractivity contribution in [1.82, 2.24) is 0 Å². The molecule has 0 unspecified atom stereocenters. The van der Waals surface area contributed by atoms with Gasteiger partial charge in [-0.25, -0.2) is 9.59 Å². The van der Waals surface area contributed by atoms with Crippen LogP contribution in [0.1, 0.15) is 13.8 Å². The topological polar surface area (TPSA) is 87.1 Å². The fraction of sp³-hybridized carbons (Fsp3) is 0.300. The Hall–Kier alpha value is -2.86. The third kappa shape index (κ3) is 4.21. The van der Waals surface area contributed by atoms with Gasteiger partial charge in [-0.05, 0) is 29.2 Å². The smallest absolute Gasteiger partial charge is 0.414 e. The molecule has 138 valence electrons. The van der Waals surface area contributed by atoms with Crippen LogP contribution in [0.2, 0.25) is 0 Å². The predicted octanol–water partition coefficient (Wildman–Crippen LogP) is 3.40. The average molecular weight is 357 g/mol. The minimum atomic E-state index is -1.45. The van der Waals surface area contributed by atoms with Gasteiger partial charge < -0.3 is 14.9 Å². The lowest BCUT2D eigenvalue weighted by molar-refractivity contribution is -0.142. The summed E-state index contributed by atoms with van der Waals surface area (Å²) in [5.41, 5.74) is 2.26. The number of aliphatic hydroxyl groups is 1. The molecule has 0 saturated carbocycles. The van der Waals surface area contributed by atoms with Gasteiger partial charge in [0.1, 0.15) is 0 Å². The fourth-order valence-corrected chi connectivity index (χ4v) is 2.70. The number of benzene rings is 2. The van der Waals surface area contributed by atoms with E-state index in [9.17, 15) is 19.8 Å². The summed E-state index contributed by atoms with van der Waals surface area (Å²) in [7, 11) is 1.17. The monoisotopic (exact) mass is 357 g/mol. The number of nitrogens with zero attached hydrogens (tertiary/aromatic N) is 1. The van der Waals surface area contributed by atoms with Crippen LogP contribution in [0.5, 0.6) is 0 Å². The van der Waals surface area contributed by atoms with Crippen LogP contribution in [-0.2, 0) is 9.53 Å². The van der Waals surface area contributed by atoms with Crippen LogP contribution in [0.15, 0.2) is 54.6 Å². The van der Waals surface area contributed by atoms with E-state index in [4.69, 9.17) is 4.74 Å². The molecule has 1 amide bonds. The number of aliphatic hydroxyl groups excluding tert-OH is 1. The van der Waals surface area contributed by atoms with Crippen molar-refractivity contribution in [1.29, 1.82) is 0 Å². The number of ether oxygens (including phenoxy) is 1. The van der Waals surface area contributed by atoms with E-state index in [1.807, 2.05) is 30.3 Å². The molecule has 0 bridgehead atoms. The lowest BCUT2D eigenvalue weighted by Gasteiger charge is -2.32. The molecular formula is C20H23NO5. The van der Waals surface area contributed by atoms with Crippen molar-refractivity contribution >= 4 is 17.7 Å². The third-order valence-corrected chi connectivity index (χ3v) is 4.16. The van der Waals surface area contributed by atoms with E-state index in [0.29, 0.717) is 5.69 Å². The Bertz CT molecular complexity index is 743. The standard InChI is InChI=1S/C20H23NO5/c1-13(2)18(22)17(19(23)24)21(20(25)26-3)16-11-9-15(10-12-16)14-7-5-4-6-8-14/h4-13,17-18,22H,1-3H3,(H,23,24)/t17-,18+/m1/s1. The molecule has 0 radical (unpaired) electrons. The highest BCUT2D eigenvalue weighted by atomic mass is 16.5. The number of anilines is 1. The summed E-state index contributed by atoms with van der Waals surface area (Å²) < 4.78 is 4.76. The molecule has 0 aliphatic rings. The van der Waals surface area contributed by atoms with Crippen LogP contribution in [0.25, 0.3) is 11.1 Å². The molecule has 6 nitrogen and oxygen atoms in total. The van der Waals surface area contributed by atoms with Gasteiger partial charge in [-0.15, -0.1) is 0 Å². The first-order valence-corrected chi connectivity index (χ1v) is 8.30. The van der Waals surface area contributed by atoms with E-state index in [1.54, 1.807) is 38.1 Å². The SMILES string of the molecule is COC(=O)N(c1ccc(-c2ccccc2)cc1)[C@@H](C(=O)O)[C@@H](O)C(C)C. The molecule has 2 N–H and O–H groups in total. The second-order valence-corrected chi connectivity index (χ2v) is 6.27. The highest BCUT2D eigenvalue weighted by molar-refractivity contribution is 5.95. The zero-order valence-corrected chi connectivity index (χ0v) is 15.0. The van der Waals surface area contributed by atoms with E-state index in [-0.39, 0.29) is 5.92 Å². The molecule has 0 aliphatic carbocycles. The number of carbonyl (C=O) groups is 2. The molecule has 26 heavy (non-hydrogen) atoms. The molecule has 2 atom stereocenters. The Morgan fingerprint density at radius 1 is 0.962 bits per heavy atom. The Morgan fingerprint density at radius 3 is 1.96 bits per heavy atom. The van der Waals surface area contributed by atoms with Crippen molar-refractivity contribution in [3.8, 4) is 11.1 Å². The predicted molar refractivity (Wildman–Crippen MR) is 99.0 cm³/mol. The Morgan fingerprint density at radius 2 is 1.50 bits per heavy atom. The average Bonchev–Trinajstić information content (AvgIpc) is 2.65. The number of carboxylic acids is 1. The molecule has 0 aromatic heterocycles. The molecule has 0 fully saturated rings. The summed E-state index contributed by atoms with van der Waals surface area (Å²) in [5.74, 6) is -1.66. The van der Waals surface area contributed by atoms with E-state index in [2.05, 4.69) is 0 Å². The van der Waals surface area contributed by atoms with Crippen molar-refractivity contribution in [2.75, 3.05) is 12.0 Å². The third-order valence-electron chi connectivity index (χ3n) is 4.16. The van der Waals surface area contributed by atoms with Crippen molar-refractivity contribution in [3.05, 3.63) is 54.6 Å². The molecule has 0 aliphatic heterocycles. The number of amides is 1. The van der Waals surface area contributed by atoms with E-state index < -0.39 is 24.2 Å². The molecule has 0 saturated heterocycles. The van der Waals surface area contributed by atoms with Crippen LogP contribution in [0.3, 0.4) is 0 Å². The number of hydrogen-bond acceptors (Lipinski definition) is 4.